The van der Waals surface area contributed by atoms with Crippen LogP contribution in [-0.2, 0) is 6.54 Å². The first-order valence-electron chi connectivity index (χ1n) is 8.92. The molecule has 0 atom stereocenters. The number of halogens is 1. The van der Waals surface area contributed by atoms with E-state index in [1.54, 1.807) is 0 Å². The minimum absolute atomic E-state index is 0. The summed E-state index contributed by atoms with van der Waals surface area (Å²) in [5, 5.41) is 6.73. The zero-order valence-corrected chi connectivity index (χ0v) is 17.3. The SMILES string of the molecule is CCNC(=NCc1ccccn1)NCCN(C)C1CCCCC1.I. The summed E-state index contributed by atoms with van der Waals surface area (Å²) >= 11 is 0. The van der Waals surface area contributed by atoms with Crippen molar-refractivity contribution in [1.29, 1.82) is 0 Å². The molecule has 1 aromatic rings. The minimum Gasteiger partial charge on any atom is -0.357 e. The normalized spacial score (nSPS) is 15.9. The molecule has 0 unspecified atom stereocenters. The summed E-state index contributed by atoms with van der Waals surface area (Å²) in [4.78, 5) is 11.4. The van der Waals surface area contributed by atoms with E-state index in [1.807, 2.05) is 24.4 Å². The molecule has 1 fully saturated rings. The van der Waals surface area contributed by atoms with Crippen LogP contribution in [-0.4, -0.2) is 48.6 Å². The second kappa shape index (κ2) is 12.5. The molecule has 0 saturated heterocycles. The molecule has 1 aliphatic carbocycles. The summed E-state index contributed by atoms with van der Waals surface area (Å²) in [6, 6.07) is 6.69. The minimum atomic E-state index is 0. The number of hydrogen-bond donors (Lipinski definition) is 2. The number of nitrogens with zero attached hydrogens (tertiary/aromatic N) is 3. The maximum Gasteiger partial charge on any atom is 0.191 e. The van der Waals surface area contributed by atoms with Gasteiger partial charge in [0.1, 0.15) is 0 Å². The molecule has 1 saturated carbocycles. The fourth-order valence-corrected chi connectivity index (χ4v) is 3.05. The first kappa shape index (κ1) is 21.2. The summed E-state index contributed by atoms with van der Waals surface area (Å²) < 4.78 is 0. The molecule has 24 heavy (non-hydrogen) atoms. The molecule has 0 radical (unpaired) electrons. The van der Waals surface area contributed by atoms with Gasteiger partial charge < -0.3 is 15.5 Å². The molecule has 0 bridgehead atoms. The molecule has 2 N–H and O–H groups in total. The van der Waals surface area contributed by atoms with Crippen LogP contribution in [0.5, 0.6) is 0 Å². The van der Waals surface area contributed by atoms with E-state index in [0.29, 0.717) is 6.54 Å². The van der Waals surface area contributed by atoms with E-state index in [-0.39, 0.29) is 24.0 Å². The molecular formula is C18H32IN5. The third-order valence-corrected chi connectivity index (χ3v) is 4.42. The van der Waals surface area contributed by atoms with E-state index in [2.05, 4.69) is 39.5 Å². The number of rotatable bonds is 7. The van der Waals surface area contributed by atoms with Crippen molar-refractivity contribution in [2.24, 2.45) is 4.99 Å². The summed E-state index contributed by atoms with van der Waals surface area (Å²) in [6.45, 7) is 5.53. The largest absolute Gasteiger partial charge is 0.357 e. The highest BCUT2D eigenvalue weighted by molar-refractivity contribution is 14.0. The molecule has 0 aliphatic heterocycles. The Labute approximate surface area is 163 Å². The Hall–Kier alpha value is -0.890. The van der Waals surface area contributed by atoms with Crippen LogP contribution in [0, 0.1) is 0 Å². The van der Waals surface area contributed by atoms with Crippen molar-refractivity contribution in [2.75, 3.05) is 26.7 Å². The summed E-state index contributed by atoms with van der Waals surface area (Å²) in [6.07, 6.45) is 8.69. The summed E-state index contributed by atoms with van der Waals surface area (Å²) in [5.74, 6) is 0.871. The van der Waals surface area contributed by atoms with Gasteiger partial charge in [-0.2, -0.15) is 0 Å². The molecular weight excluding hydrogens is 413 g/mol. The highest BCUT2D eigenvalue weighted by Crippen LogP contribution is 2.21. The van der Waals surface area contributed by atoms with Crippen LogP contribution in [0.25, 0.3) is 0 Å². The Kier molecular flexibility index (Phi) is 11.0. The van der Waals surface area contributed by atoms with Gasteiger partial charge in [0.2, 0.25) is 0 Å². The number of hydrogen-bond acceptors (Lipinski definition) is 3. The van der Waals surface area contributed by atoms with Crippen LogP contribution in [0.1, 0.15) is 44.7 Å². The maximum absolute atomic E-state index is 4.61. The van der Waals surface area contributed by atoms with E-state index in [4.69, 9.17) is 0 Å². The number of aromatic nitrogens is 1. The van der Waals surface area contributed by atoms with Crippen molar-refractivity contribution in [1.82, 2.24) is 20.5 Å². The van der Waals surface area contributed by atoms with Gasteiger partial charge in [0.15, 0.2) is 5.96 Å². The Morgan fingerprint density at radius 1 is 1.25 bits per heavy atom. The molecule has 5 nitrogen and oxygen atoms in total. The van der Waals surface area contributed by atoms with Gasteiger partial charge in [0.25, 0.3) is 0 Å². The van der Waals surface area contributed by atoms with Gasteiger partial charge >= 0.3 is 0 Å². The molecule has 2 rings (SSSR count). The second-order valence-electron chi connectivity index (χ2n) is 6.22. The van der Waals surface area contributed by atoms with Crippen LogP contribution in [0.4, 0.5) is 0 Å². The van der Waals surface area contributed by atoms with Gasteiger partial charge in [-0.15, -0.1) is 24.0 Å². The molecule has 136 valence electrons. The monoisotopic (exact) mass is 445 g/mol. The van der Waals surface area contributed by atoms with Gasteiger partial charge in [-0.1, -0.05) is 25.3 Å². The lowest BCUT2D eigenvalue weighted by atomic mass is 9.94. The Balaban J connectivity index is 0.00000288. The van der Waals surface area contributed by atoms with Gasteiger partial charge in [0.05, 0.1) is 12.2 Å². The van der Waals surface area contributed by atoms with Crippen LogP contribution in [0.3, 0.4) is 0 Å². The smallest absolute Gasteiger partial charge is 0.191 e. The van der Waals surface area contributed by atoms with Gasteiger partial charge in [-0.25, -0.2) is 4.99 Å². The molecule has 6 heteroatoms. The van der Waals surface area contributed by atoms with Crippen molar-refractivity contribution in [2.45, 2.75) is 51.6 Å². The zero-order valence-electron chi connectivity index (χ0n) is 15.0. The van der Waals surface area contributed by atoms with Gasteiger partial charge in [0, 0.05) is 31.9 Å². The quantitative estimate of drug-likeness (QED) is 0.385. The fourth-order valence-electron chi connectivity index (χ4n) is 3.05. The lowest BCUT2D eigenvalue weighted by molar-refractivity contribution is 0.194. The zero-order chi connectivity index (χ0) is 16.3. The fraction of sp³-hybridized carbons (Fsp3) is 0.667. The molecule has 0 amide bonds. The molecule has 0 spiro atoms. The van der Waals surface area contributed by atoms with Gasteiger partial charge in [-0.3, -0.25) is 4.98 Å². The van der Waals surface area contributed by atoms with E-state index in [9.17, 15) is 0 Å². The predicted molar refractivity (Wildman–Crippen MR) is 112 cm³/mol. The number of pyridine rings is 1. The standard InChI is InChI=1S/C18H31N5.HI/c1-3-19-18(22-15-16-9-7-8-12-20-16)21-13-14-23(2)17-10-5-4-6-11-17;/h7-9,12,17H,3-6,10-11,13-15H2,1-2H3,(H2,19,21,22);1H. The lowest BCUT2D eigenvalue weighted by Gasteiger charge is -2.31. The third-order valence-electron chi connectivity index (χ3n) is 4.42. The average molecular weight is 445 g/mol. The molecule has 0 aromatic carbocycles. The highest BCUT2D eigenvalue weighted by Gasteiger charge is 2.17. The van der Waals surface area contributed by atoms with Crippen molar-refractivity contribution < 1.29 is 0 Å². The van der Waals surface area contributed by atoms with Gasteiger partial charge in [-0.05, 0) is 38.9 Å². The average Bonchev–Trinajstić information content (AvgIpc) is 2.61. The first-order chi connectivity index (χ1) is 11.3. The van der Waals surface area contributed by atoms with E-state index < -0.39 is 0 Å². The van der Waals surface area contributed by atoms with Crippen molar-refractivity contribution in [3.05, 3.63) is 30.1 Å². The predicted octanol–water partition coefficient (Wildman–Crippen LogP) is 3.02. The van der Waals surface area contributed by atoms with E-state index >= 15 is 0 Å². The number of aliphatic imine (C=N–C) groups is 1. The summed E-state index contributed by atoms with van der Waals surface area (Å²) in [5.41, 5.74) is 0.990. The second-order valence-corrected chi connectivity index (χ2v) is 6.22. The maximum atomic E-state index is 4.61. The van der Waals surface area contributed by atoms with Crippen LogP contribution in [0.15, 0.2) is 29.4 Å². The van der Waals surface area contributed by atoms with E-state index in [1.165, 1.54) is 32.1 Å². The first-order valence-corrected chi connectivity index (χ1v) is 8.92. The number of guanidine groups is 1. The molecule has 1 heterocycles. The van der Waals surface area contributed by atoms with Crippen LogP contribution in [0.2, 0.25) is 0 Å². The number of likely N-dealkylation sites (N-methyl/N-ethyl adjacent to an activating group) is 1. The number of nitrogens with one attached hydrogen (secondary N) is 2. The molecule has 1 aliphatic rings. The topological polar surface area (TPSA) is 52.6 Å². The molecule has 1 aromatic heterocycles. The summed E-state index contributed by atoms with van der Waals surface area (Å²) in [7, 11) is 2.25. The van der Waals surface area contributed by atoms with Crippen molar-refractivity contribution in [3.8, 4) is 0 Å². The van der Waals surface area contributed by atoms with Crippen molar-refractivity contribution in [3.63, 3.8) is 0 Å². The van der Waals surface area contributed by atoms with E-state index in [0.717, 1.165) is 37.3 Å². The van der Waals surface area contributed by atoms with Crippen LogP contribution < -0.4 is 10.6 Å². The lowest BCUT2D eigenvalue weighted by Crippen LogP contribution is -2.43. The Morgan fingerprint density at radius 3 is 2.71 bits per heavy atom. The Morgan fingerprint density at radius 2 is 2.04 bits per heavy atom. The van der Waals surface area contributed by atoms with Crippen molar-refractivity contribution >= 4 is 29.9 Å². The van der Waals surface area contributed by atoms with Crippen LogP contribution >= 0.6 is 24.0 Å². The Bertz CT molecular complexity index is 460. The third kappa shape index (κ3) is 7.79. The highest BCUT2D eigenvalue weighted by atomic mass is 127.